The minimum Gasteiger partial charge on any atom is -0.478 e. The van der Waals surface area contributed by atoms with Crippen molar-refractivity contribution in [2.24, 2.45) is 29.1 Å². The molecule has 0 heterocycles. The van der Waals surface area contributed by atoms with Gasteiger partial charge in [-0.1, -0.05) is 76.5 Å². The third-order valence-corrected chi connectivity index (χ3v) is 7.71. The summed E-state index contributed by atoms with van der Waals surface area (Å²) in [4.78, 5) is 11.2. The summed E-state index contributed by atoms with van der Waals surface area (Å²) >= 11 is 0. The monoisotopic (exact) mass is 410 g/mol. The molecule has 0 radical (unpaired) electrons. The van der Waals surface area contributed by atoms with Crippen LogP contribution in [-0.2, 0) is 0 Å². The number of carboxylic acids is 1. The molecule has 164 valence electrons. The maximum atomic E-state index is 11.2. The van der Waals surface area contributed by atoms with E-state index in [1.54, 1.807) is 18.2 Å². The molecule has 2 N–H and O–H groups in total. The molecular weight excluding hydrogens is 372 g/mol. The molecule has 5 atom stereocenters. The second-order valence-electron chi connectivity index (χ2n) is 9.94. The molecule has 0 amide bonds. The van der Waals surface area contributed by atoms with E-state index in [-0.39, 0.29) is 6.10 Å². The molecule has 0 aliphatic heterocycles. The van der Waals surface area contributed by atoms with Crippen molar-refractivity contribution in [2.45, 2.75) is 71.8 Å². The normalized spacial score (nSPS) is 28.5. The third kappa shape index (κ3) is 5.24. The van der Waals surface area contributed by atoms with Crippen LogP contribution in [0.25, 0.3) is 6.08 Å². The van der Waals surface area contributed by atoms with Gasteiger partial charge in [-0.3, -0.25) is 0 Å². The van der Waals surface area contributed by atoms with Crippen LogP contribution in [0.4, 0.5) is 0 Å². The summed E-state index contributed by atoms with van der Waals surface area (Å²) in [6, 6.07) is 7.11. The Balaban J connectivity index is 1.65. The van der Waals surface area contributed by atoms with Crippen molar-refractivity contribution in [3.8, 4) is 0 Å². The standard InChI is InChI=1S/C27H38O3/c1-4-5-6-12-23(28)15-14-20-17-22-18-25(27(22,2)3)24(20)13-8-10-19-9-7-11-21(16-19)26(29)30/h7-11,14-16,20,22-25,28H,4-6,12-13,17-18H2,1-3H3,(H,29,30)/t20?,22-,23-,24+,25-/m0/s1. The van der Waals surface area contributed by atoms with Crippen LogP contribution < -0.4 is 0 Å². The molecule has 0 saturated heterocycles. The van der Waals surface area contributed by atoms with Crippen molar-refractivity contribution in [3.05, 3.63) is 53.6 Å². The number of allylic oxidation sites excluding steroid dienone is 2. The number of aliphatic hydroxyl groups is 1. The van der Waals surface area contributed by atoms with Gasteiger partial charge in [-0.25, -0.2) is 4.79 Å². The first kappa shape index (κ1) is 22.8. The number of carboxylic acid groups (broad SMARTS) is 1. The van der Waals surface area contributed by atoms with Crippen LogP contribution >= 0.6 is 0 Å². The van der Waals surface area contributed by atoms with E-state index in [1.165, 1.54) is 25.7 Å². The zero-order chi connectivity index (χ0) is 21.7. The highest BCUT2D eigenvalue weighted by Crippen LogP contribution is 2.64. The highest BCUT2D eigenvalue weighted by atomic mass is 16.4. The van der Waals surface area contributed by atoms with Crippen molar-refractivity contribution in [2.75, 3.05) is 0 Å². The number of hydrogen-bond acceptors (Lipinski definition) is 2. The van der Waals surface area contributed by atoms with Crippen molar-refractivity contribution >= 4 is 12.0 Å². The van der Waals surface area contributed by atoms with Gasteiger partial charge in [0.05, 0.1) is 11.7 Å². The molecule has 30 heavy (non-hydrogen) atoms. The first-order valence-corrected chi connectivity index (χ1v) is 11.7. The largest absolute Gasteiger partial charge is 0.478 e. The Labute approximate surface area is 181 Å². The van der Waals surface area contributed by atoms with Gasteiger partial charge in [-0.2, -0.15) is 0 Å². The van der Waals surface area contributed by atoms with Gasteiger partial charge in [0, 0.05) is 0 Å². The molecule has 1 aromatic carbocycles. The Bertz CT molecular complexity index is 776. The fourth-order valence-electron chi connectivity index (χ4n) is 5.65. The van der Waals surface area contributed by atoms with Crippen LogP contribution in [0, 0.1) is 29.1 Å². The second-order valence-corrected chi connectivity index (χ2v) is 9.94. The van der Waals surface area contributed by atoms with E-state index in [2.05, 4.69) is 39.0 Å². The van der Waals surface area contributed by atoms with Crippen molar-refractivity contribution in [1.82, 2.24) is 0 Å². The van der Waals surface area contributed by atoms with Gasteiger partial charge in [0.1, 0.15) is 0 Å². The summed E-state index contributed by atoms with van der Waals surface area (Å²) in [5, 5.41) is 19.5. The smallest absolute Gasteiger partial charge is 0.335 e. The molecule has 3 aliphatic rings. The summed E-state index contributed by atoms with van der Waals surface area (Å²) in [6.45, 7) is 7.02. The van der Waals surface area contributed by atoms with E-state index in [9.17, 15) is 15.0 Å². The highest BCUT2D eigenvalue weighted by Gasteiger charge is 2.56. The lowest BCUT2D eigenvalue weighted by Gasteiger charge is -2.62. The Hall–Kier alpha value is -1.87. The molecule has 2 bridgehead atoms. The SMILES string of the molecule is CCCCC[C@H](O)C=CC1C[C@H]2C[C@@H]([C@@H]1CC=Cc1cccc(C(=O)O)c1)C2(C)C. The summed E-state index contributed by atoms with van der Waals surface area (Å²) in [5.74, 6) is 1.74. The Morgan fingerprint density at radius 3 is 2.77 bits per heavy atom. The predicted molar refractivity (Wildman–Crippen MR) is 123 cm³/mol. The van der Waals surface area contributed by atoms with E-state index < -0.39 is 5.97 Å². The average Bonchev–Trinajstić information content (AvgIpc) is 2.72. The molecular formula is C27H38O3. The second kappa shape index (κ2) is 9.96. The third-order valence-electron chi connectivity index (χ3n) is 7.71. The number of rotatable bonds is 10. The number of carbonyl (C=O) groups is 1. The van der Waals surface area contributed by atoms with Gasteiger partial charge in [-0.05, 0) is 72.5 Å². The van der Waals surface area contributed by atoms with Crippen molar-refractivity contribution in [3.63, 3.8) is 0 Å². The predicted octanol–water partition coefficient (Wildman–Crippen LogP) is 6.58. The van der Waals surface area contributed by atoms with Crippen LogP contribution in [0.2, 0.25) is 0 Å². The van der Waals surface area contributed by atoms with E-state index in [0.717, 1.165) is 36.7 Å². The maximum Gasteiger partial charge on any atom is 0.335 e. The van der Waals surface area contributed by atoms with Crippen LogP contribution in [-0.4, -0.2) is 22.3 Å². The van der Waals surface area contributed by atoms with Gasteiger partial charge in [-0.15, -0.1) is 0 Å². The zero-order valence-corrected chi connectivity index (χ0v) is 18.8. The topological polar surface area (TPSA) is 57.5 Å². The minimum atomic E-state index is -0.887. The van der Waals surface area contributed by atoms with Crippen LogP contribution in [0.5, 0.6) is 0 Å². The van der Waals surface area contributed by atoms with Crippen molar-refractivity contribution in [1.29, 1.82) is 0 Å². The molecule has 1 unspecified atom stereocenters. The van der Waals surface area contributed by atoms with Gasteiger partial charge in [0.2, 0.25) is 0 Å². The lowest BCUT2D eigenvalue weighted by molar-refractivity contribution is -0.123. The van der Waals surface area contributed by atoms with Crippen LogP contribution in [0.15, 0.2) is 42.5 Å². The van der Waals surface area contributed by atoms with E-state index >= 15 is 0 Å². The number of unbranched alkanes of at least 4 members (excludes halogenated alkanes) is 2. The lowest BCUT2D eigenvalue weighted by atomic mass is 9.43. The first-order valence-electron chi connectivity index (χ1n) is 11.7. The minimum absolute atomic E-state index is 0.322. The average molecular weight is 411 g/mol. The van der Waals surface area contributed by atoms with Gasteiger partial charge >= 0.3 is 5.97 Å². The summed E-state index contributed by atoms with van der Waals surface area (Å²) < 4.78 is 0. The summed E-state index contributed by atoms with van der Waals surface area (Å²) in [7, 11) is 0. The van der Waals surface area contributed by atoms with Gasteiger partial charge < -0.3 is 10.2 Å². The molecule has 3 fully saturated rings. The van der Waals surface area contributed by atoms with Crippen LogP contribution in [0.1, 0.15) is 81.6 Å². The Morgan fingerprint density at radius 1 is 1.27 bits per heavy atom. The van der Waals surface area contributed by atoms with E-state index in [0.29, 0.717) is 22.8 Å². The molecule has 4 rings (SSSR count). The van der Waals surface area contributed by atoms with E-state index in [1.807, 2.05) is 12.1 Å². The van der Waals surface area contributed by atoms with Crippen LogP contribution in [0.3, 0.4) is 0 Å². The Morgan fingerprint density at radius 2 is 2.07 bits per heavy atom. The molecule has 3 heteroatoms. The molecule has 3 saturated carbocycles. The molecule has 0 aromatic heterocycles. The quantitative estimate of drug-likeness (QED) is 0.338. The molecule has 3 nitrogen and oxygen atoms in total. The molecule has 1 aromatic rings. The van der Waals surface area contributed by atoms with Gasteiger partial charge in [0.25, 0.3) is 0 Å². The summed E-state index contributed by atoms with van der Waals surface area (Å²) in [6.07, 6.45) is 16.2. The fraction of sp³-hybridized carbons (Fsp3) is 0.593. The number of benzene rings is 1. The lowest BCUT2D eigenvalue weighted by Crippen LogP contribution is -2.55. The van der Waals surface area contributed by atoms with Crippen molar-refractivity contribution < 1.29 is 15.0 Å². The fourth-order valence-corrected chi connectivity index (χ4v) is 5.65. The maximum absolute atomic E-state index is 11.2. The number of hydrogen-bond donors (Lipinski definition) is 2. The zero-order valence-electron chi connectivity index (χ0n) is 18.8. The molecule has 3 aliphatic carbocycles. The highest BCUT2D eigenvalue weighted by molar-refractivity contribution is 5.88. The number of fused-ring (bicyclic) bond motifs is 2. The first-order chi connectivity index (χ1) is 14.3. The van der Waals surface area contributed by atoms with Gasteiger partial charge in [0.15, 0.2) is 0 Å². The molecule has 0 spiro atoms. The number of aliphatic hydroxyl groups excluding tert-OH is 1. The summed E-state index contributed by atoms with van der Waals surface area (Å²) in [5.41, 5.74) is 1.68. The Kier molecular flexibility index (Phi) is 7.57. The van der Waals surface area contributed by atoms with E-state index in [4.69, 9.17) is 0 Å². The number of aromatic carboxylic acids is 1.